The van der Waals surface area contributed by atoms with E-state index in [4.69, 9.17) is 20.4 Å². The molecule has 0 amide bonds. The van der Waals surface area contributed by atoms with Gasteiger partial charge in [-0.1, -0.05) is 0 Å². The predicted molar refractivity (Wildman–Crippen MR) is 149 cm³/mol. The average Bonchev–Trinajstić information content (AvgIpc) is 2.81. The standard InChI is InChI=1S/4C8H15O.Rf/c4*9-8-6-4-2-1-3-5-7-8;/h4*8H,1-7H2;/q4*-1;+4. The molecule has 4 saturated carbocycles. The number of rotatable bonds is 8. The van der Waals surface area contributed by atoms with Crippen LogP contribution >= 0.6 is 0 Å². The zero-order valence-corrected chi connectivity index (χ0v) is 30.8. The minimum absolute atomic E-state index is 0.283. The number of hydrogen-bond acceptors (Lipinski definition) is 4. The summed E-state index contributed by atoms with van der Waals surface area (Å²) in [5, 5.41) is 29.2. The Balaban J connectivity index is 1.56. The summed E-state index contributed by atoms with van der Waals surface area (Å²) in [6.07, 6.45) is 37.1. The van der Waals surface area contributed by atoms with Crippen molar-refractivity contribution in [3.63, 3.8) is 0 Å². The summed E-state index contributed by atoms with van der Waals surface area (Å²) in [4.78, 5) is 0. The number of hydrogen-bond donors (Lipinski definition) is 0. The molecule has 0 aliphatic heterocycles. The van der Waals surface area contributed by atoms with Gasteiger partial charge in [-0.25, -0.2) is 0 Å². The fourth-order valence-electron chi connectivity index (χ4n) is 7.73. The van der Waals surface area contributed by atoms with Crippen molar-refractivity contribution < 1.29 is 20.4 Å². The molecule has 0 radical (unpaired) electrons. The molecule has 0 spiro atoms. The molecule has 0 bridgehead atoms. The topological polar surface area (TPSA) is 36.9 Å². The molecule has 4 fully saturated rings. The van der Waals surface area contributed by atoms with Crippen LogP contribution in [0, 0.1) is 0 Å². The van der Waals surface area contributed by atoms with Crippen molar-refractivity contribution in [1.82, 2.24) is 0 Å². The van der Waals surface area contributed by atoms with Crippen LogP contribution in [0.25, 0.3) is 0 Å². The zero-order chi connectivity index (χ0) is 25.4. The molecule has 0 aromatic heterocycles. The molecule has 0 atom stereocenters. The van der Waals surface area contributed by atoms with Crippen LogP contribution in [-0.2, 0) is 20.4 Å². The molecule has 0 heterocycles. The molecule has 4 aliphatic carbocycles. The Morgan fingerprint density at radius 1 is 0.243 bits per heavy atom. The van der Waals surface area contributed by atoms with Crippen LogP contribution in [0.5, 0.6) is 0 Å². The third-order valence-corrected chi connectivity index (χ3v) is 25.9. The fraction of sp³-hybridized carbons (Fsp3) is 1.00. The molecular weight excluding hydrogens is 715 g/mol. The molecular formula is C32H60O4Rf. The molecule has 0 saturated heterocycles. The second-order valence-corrected chi connectivity index (χ2v) is 25.7. The third kappa shape index (κ3) is 10.9. The van der Waals surface area contributed by atoms with Crippen LogP contribution < -0.4 is 0 Å². The first-order valence-corrected chi connectivity index (χ1v) is 27.8. The van der Waals surface area contributed by atoms with E-state index in [-0.39, 0.29) is 24.4 Å². The summed E-state index contributed by atoms with van der Waals surface area (Å²) in [6.45, 7) is 0. The van der Waals surface area contributed by atoms with E-state index in [0.717, 1.165) is 0 Å². The molecule has 214 valence electrons. The maximum atomic E-state index is 7.31. The first-order chi connectivity index (χ1) is 18.3. The van der Waals surface area contributed by atoms with Crippen LogP contribution in [0.3, 0.4) is 0 Å². The Bertz CT molecular complexity index is 454. The molecule has 0 N–H and O–H groups in total. The van der Waals surface area contributed by atoms with Gasteiger partial charge in [-0.15, -0.1) is 0 Å². The molecule has 37 heavy (non-hydrogen) atoms. The molecule has 4 aliphatic rings. The zero-order valence-electron chi connectivity index (χ0n) is 24.4. The second-order valence-electron chi connectivity index (χ2n) is 13.2. The van der Waals surface area contributed by atoms with E-state index in [2.05, 4.69) is 0 Å². The first-order valence-electron chi connectivity index (χ1n) is 17.4. The first kappa shape index (κ1) is 28.8. The molecule has 0 aromatic rings. The minimum atomic E-state index is -4.74. The molecule has 0 aromatic carbocycles. The third-order valence-electron chi connectivity index (χ3n) is 9.97. The van der Waals surface area contributed by atoms with E-state index in [1.54, 1.807) is 0 Å². The monoisotopic (exact) mass is 776 g/mol. The summed E-state index contributed by atoms with van der Waals surface area (Å²) in [6, 6.07) is 0. The van der Waals surface area contributed by atoms with Gasteiger partial charge in [0.05, 0.1) is 0 Å². The van der Waals surface area contributed by atoms with Crippen LogP contribution in [0.2, 0.25) is 0 Å². The van der Waals surface area contributed by atoms with Crippen LogP contribution in [0.1, 0.15) is 180 Å². The van der Waals surface area contributed by atoms with E-state index in [0.29, 0.717) is 0 Å². The van der Waals surface area contributed by atoms with E-state index in [9.17, 15) is 0 Å². The summed E-state index contributed by atoms with van der Waals surface area (Å²) in [5.41, 5.74) is 0. The van der Waals surface area contributed by atoms with Gasteiger partial charge in [-0.3, -0.25) is 0 Å². The van der Waals surface area contributed by atoms with Gasteiger partial charge in [-0.2, -0.15) is 0 Å². The Labute approximate surface area is 224 Å². The normalized spacial score (nSPS) is 26.6. The van der Waals surface area contributed by atoms with Gasteiger partial charge in [0, 0.05) is 0 Å². The SMILES string of the molecule is C1CCCC([O][Rf]([O]C2CCCCCCC2)([O]C2CCCCCCC2)[O]C2CCCCCCC2)CCC1. The predicted octanol–water partition coefficient (Wildman–Crippen LogP) is 10.3. The van der Waals surface area contributed by atoms with E-state index in [1.165, 1.54) is 180 Å². The van der Waals surface area contributed by atoms with Crippen molar-refractivity contribution in [1.29, 1.82) is 0 Å². The fourth-order valence-corrected chi connectivity index (χ4v) is 26.3. The van der Waals surface area contributed by atoms with Gasteiger partial charge in [0.25, 0.3) is 0 Å². The quantitative estimate of drug-likeness (QED) is 0.246. The Morgan fingerprint density at radius 2 is 0.405 bits per heavy atom. The van der Waals surface area contributed by atoms with Crippen molar-refractivity contribution >= 4 is 0 Å². The van der Waals surface area contributed by atoms with Gasteiger partial charge in [0.15, 0.2) is 0 Å². The summed E-state index contributed by atoms with van der Waals surface area (Å²) in [7, 11) is 0. The van der Waals surface area contributed by atoms with Crippen molar-refractivity contribution in [2.24, 2.45) is 0 Å². The van der Waals surface area contributed by atoms with Crippen molar-refractivity contribution in [3.8, 4) is 0 Å². The summed E-state index contributed by atoms with van der Waals surface area (Å²) in [5.74, 6) is 0. The summed E-state index contributed by atoms with van der Waals surface area (Å²) >= 11 is 0. The van der Waals surface area contributed by atoms with E-state index in [1.807, 2.05) is 0 Å². The van der Waals surface area contributed by atoms with Gasteiger partial charge in [0.2, 0.25) is 0 Å². The van der Waals surface area contributed by atoms with Gasteiger partial charge in [0.1, 0.15) is 0 Å². The average molecular weight is 776 g/mol. The van der Waals surface area contributed by atoms with E-state index < -0.39 is 0 Å². The van der Waals surface area contributed by atoms with E-state index >= 15 is 0 Å². The van der Waals surface area contributed by atoms with Gasteiger partial charge < -0.3 is 0 Å². The molecule has 4 nitrogen and oxygen atoms in total. The van der Waals surface area contributed by atoms with Gasteiger partial charge in [-0.05, 0) is 0 Å². The van der Waals surface area contributed by atoms with Crippen molar-refractivity contribution in [2.45, 2.75) is 204 Å². The van der Waals surface area contributed by atoms with Crippen LogP contribution in [0.4, 0.5) is 0 Å². The maximum absolute atomic E-state index is 7.31. The second kappa shape index (κ2) is 16.7. The van der Waals surface area contributed by atoms with Crippen molar-refractivity contribution in [2.75, 3.05) is 0 Å². The van der Waals surface area contributed by atoms with Crippen LogP contribution in [-0.4, -0.2) is 24.4 Å². The Morgan fingerprint density at radius 3 is 0.595 bits per heavy atom. The van der Waals surface area contributed by atoms with Crippen LogP contribution in [0.15, 0.2) is 0 Å². The molecule has 4 rings (SSSR count). The molecule has 5 heteroatoms. The Hall–Kier alpha value is -1.16. The Kier molecular flexibility index (Phi) is 13.0. The molecule has 0 unspecified atom stereocenters. The summed E-state index contributed by atoms with van der Waals surface area (Å²) < 4.78 is -4.74. The van der Waals surface area contributed by atoms with Crippen molar-refractivity contribution in [3.05, 3.63) is 0 Å². The van der Waals surface area contributed by atoms with Gasteiger partial charge >= 0.3 is 225 Å².